The maximum Gasteiger partial charge on any atom is 0.310 e. The number of ether oxygens (including phenoxy) is 1. The Morgan fingerprint density at radius 1 is 0.919 bits per heavy atom. The normalized spacial score (nSPS) is 49.9. The molecule has 5 heteroatoms. The van der Waals surface area contributed by atoms with Crippen LogP contribution < -0.4 is 0 Å². The first-order valence-electron chi connectivity index (χ1n) is 14.7. The minimum atomic E-state index is -0.667. The van der Waals surface area contributed by atoms with Crippen molar-refractivity contribution in [2.45, 2.75) is 125 Å². The Hall–Kier alpha value is -1.36. The van der Waals surface area contributed by atoms with Gasteiger partial charge in [-0.3, -0.25) is 9.59 Å². The van der Waals surface area contributed by atoms with E-state index in [0.29, 0.717) is 18.3 Å². The third-order valence-electron chi connectivity index (χ3n) is 13.3. The van der Waals surface area contributed by atoms with Crippen molar-refractivity contribution in [3.8, 4) is 0 Å². The van der Waals surface area contributed by atoms with E-state index >= 15 is 0 Å². The number of aliphatic carboxylic acids is 1. The maximum absolute atomic E-state index is 12.8. The molecule has 4 saturated carbocycles. The van der Waals surface area contributed by atoms with Crippen LogP contribution in [0.15, 0.2) is 11.6 Å². The second-order valence-corrected chi connectivity index (χ2v) is 15.8. The van der Waals surface area contributed by atoms with Crippen molar-refractivity contribution in [2.24, 2.45) is 50.2 Å². The fourth-order valence-corrected chi connectivity index (χ4v) is 11.0. The van der Waals surface area contributed by atoms with E-state index in [9.17, 15) is 19.8 Å². The highest BCUT2D eigenvalue weighted by Gasteiger charge is 2.70. The van der Waals surface area contributed by atoms with Gasteiger partial charge in [0.15, 0.2) is 0 Å². The number of hydrogen-bond acceptors (Lipinski definition) is 4. The predicted octanol–water partition coefficient (Wildman–Crippen LogP) is 6.78. The van der Waals surface area contributed by atoms with Gasteiger partial charge in [-0.1, -0.05) is 60.1 Å². The number of aliphatic hydroxyl groups excluding tert-OH is 1. The zero-order chi connectivity index (χ0) is 27.4. The first-order valence-corrected chi connectivity index (χ1v) is 14.7. The van der Waals surface area contributed by atoms with Gasteiger partial charge in [0, 0.05) is 6.92 Å². The van der Waals surface area contributed by atoms with Crippen molar-refractivity contribution in [1.29, 1.82) is 0 Å². The van der Waals surface area contributed by atoms with Gasteiger partial charge in [-0.2, -0.15) is 0 Å². The van der Waals surface area contributed by atoms with Crippen LogP contribution in [0.25, 0.3) is 0 Å². The molecule has 0 amide bonds. The summed E-state index contributed by atoms with van der Waals surface area (Å²) in [4.78, 5) is 24.8. The largest absolute Gasteiger partial charge is 0.481 e. The lowest BCUT2D eigenvalue weighted by Crippen LogP contribution is -2.67. The third-order valence-corrected chi connectivity index (χ3v) is 13.3. The second kappa shape index (κ2) is 8.08. The van der Waals surface area contributed by atoms with E-state index in [-0.39, 0.29) is 39.0 Å². The number of aliphatic hydroxyl groups is 1. The Morgan fingerprint density at radius 3 is 2.19 bits per heavy atom. The van der Waals surface area contributed by atoms with Gasteiger partial charge in [0.25, 0.3) is 0 Å². The Labute approximate surface area is 223 Å². The number of esters is 1. The monoisotopic (exact) mass is 514 g/mol. The highest BCUT2D eigenvalue weighted by atomic mass is 16.6. The third kappa shape index (κ3) is 3.50. The number of fused-ring (bicyclic) bond motifs is 7. The fourth-order valence-electron chi connectivity index (χ4n) is 11.0. The van der Waals surface area contributed by atoms with Gasteiger partial charge in [0.05, 0.1) is 11.5 Å². The molecular weight excluding hydrogens is 464 g/mol. The fraction of sp³-hybridized carbons (Fsp3) is 0.875. The minimum Gasteiger partial charge on any atom is -0.481 e. The van der Waals surface area contributed by atoms with Gasteiger partial charge in [-0.25, -0.2) is 0 Å². The Bertz CT molecular complexity index is 1030. The highest BCUT2D eigenvalue weighted by Crippen LogP contribution is 2.75. The molecule has 0 aromatic rings. The molecule has 0 aliphatic heterocycles. The number of carbonyl (C=O) groups excluding carboxylic acids is 1. The summed E-state index contributed by atoms with van der Waals surface area (Å²) >= 11 is 0. The van der Waals surface area contributed by atoms with Crippen molar-refractivity contribution in [3.63, 3.8) is 0 Å². The van der Waals surface area contributed by atoms with Gasteiger partial charge in [0.2, 0.25) is 0 Å². The van der Waals surface area contributed by atoms with Crippen molar-refractivity contribution >= 4 is 11.9 Å². The molecule has 0 aromatic heterocycles. The first kappa shape index (κ1) is 27.2. The lowest BCUT2D eigenvalue weighted by Gasteiger charge is -2.71. The molecule has 4 fully saturated rings. The quantitative estimate of drug-likeness (QED) is 0.314. The van der Waals surface area contributed by atoms with Crippen molar-refractivity contribution in [1.82, 2.24) is 0 Å². The van der Waals surface area contributed by atoms with Gasteiger partial charge in [-0.05, 0) is 103 Å². The van der Waals surface area contributed by atoms with Crippen LogP contribution in [0, 0.1) is 50.2 Å². The molecule has 0 bridgehead atoms. The van der Waals surface area contributed by atoms with Gasteiger partial charge >= 0.3 is 11.9 Å². The summed E-state index contributed by atoms with van der Waals surface area (Å²) in [5.74, 6) is -0.0733. The summed E-state index contributed by atoms with van der Waals surface area (Å²) in [6.45, 7) is 17.7. The van der Waals surface area contributed by atoms with Crippen molar-refractivity contribution in [3.05, 3.63) is 11.6 Å². The molecular formula is C32H50O5. The molecule has 2 N–H and O–H groups in total. The lowest BCUT2D eigenvalue weighted by molar-refractivity contribution is -0.237. The van der Waals surface area contributed by atoms with Crippen molar-refractivity contribution in [2.75, 3.05) is 0 Å². The molecule has 5 aliphatic carbocycles. The molecule has 37 heavy (non-hydrogen) atoms. The summed E-state index contributed by atoms with van der Waals surface area (Å²) in [5, 5.41) is 21.9. The number of allylic oxidation sites excluding steroid dienone is 2. The SMILES string of the molecule is CC(=O)O[C@@H]1C[C@@]2(C)[C@H](CC[C@]3(C)[C@@H]2CC=C2[C@H]4CC(C)(C)CC[C@]4(C(=O)O)CC[C@]23C)C(C)(C)[C@H]1O. The van der Waals surface area contributed by atoms with Crippen LogP contribution in [-0.4, -0.2) is 34.4 Å². The zero-order valence-corrected chi connectivity index (χ0v) is 24.4. The second-order valence-electron chi connectivity index (χ2n) is 15.8. The molecule has 0 saturated heterocycles. The molecule has 0 spiro atoms. The smallest absolute Gasteiger partial charge is 0.310 e. The molecule has 0 unspecified atom stereocenters. The summed E-state index contributed by atoms with van der Waals surface area (Å²) < 4.78 is 5.76. The predicted molar refractivity (Wildman–Crippen MR) is 144 cm³/mol. The zero-order valence-electron chi connectivity index (χ0n) is 24.4. The number of carboxylic acid groups (broad SMARTS) is 1. The number of hydrogen-bond donors (Lipinski definition) is 2. The summed E-state index contributed by atoms with van der Waals surface area (Å²) in [6, 6.07) is 0. The summed E-state index contributed by atoms with van der Waals surface area (Å²) in [7, 11) is 0. The highest BCUT2D eigenvalue weighted by molar-refractivity contribution is 5.76. The molecule has 5 rings (SSSR count). The topological polar surface area (TPSA) is 83.8 Å². The average molecular weight is 515 g/mol. The Morgan fingerprint density at radius 2 is 1.57 bits per heavy atom. The van der Waals surface area contributed by atoms with Crippen molar-refractivity contribution < 1.29 is 24.5 Å². The van der Waals surface area contributed by atoms with Gasteiger partial charge in [-0.15, -0.1) is 0 Å². The molecule has 208 valence electrons. The standard InChI is InChI=1S/C32H50O5/c1-19(33)37-22-18-29(6)23(28(4,5)25(22)34)11-12-31(8)24(29)10-9-20-21-17-27(2,3)13-15-32(21,26(35)36)16-14-30(20,31)7/h9,21-25,34H,10-18H2,1-8H3,(H,35,36)/t21-,22-,23-,24-,25+,29+,30-,31-,32+/m1/s1. The molecule has 5 aliphatic rings. The van der Waals surface area contributed by atoms with Crippen LogP contribution in [0.5, 0.6) is 0 Å². The summed E-state index contributed by atoms with van der Waals surface area (Å²) in [5.41, 5.74) is 0.534. The molecule has 0 aromatic carbocycles. The number of carboxylic acids is 1. The minimum absolute atomic E-state index is 0.0354. The van der Waals surface area contributed by atoms with Gasteiger partial charge < -0.3 is 14.9 Å². The van der Waals surface area contributed by atoms with Crippen LogP contribution in [-0.2, 0) is 14.3 Å². The van der Waals surface area contributed by atoms with E-state index in [2.05, 4.69) is 54.5 Å². The van der Waals surface area contributed by atoms with E-state index in [4.69, 9.17) is 4.74 Å². The van der Waals surface area contributed by atoms with E-state index in [1.165, 1.54) is 12.5 Å². The van der Waals surface area contributed by atoms with E-state index in [1.807, 2.05) is 0 Å². The van der Waals surface area contributed by atoms with Crippen LogP contribution in [0.1, 0.15) is 113 Å². The molecule has 5 nitrogen and oxygen atoms in total. The maximum atomic E-state index is 12.8. The van der Waals surface area contributed by atoms with E-state index in [0.717, 1.165) is 51.4 Å². The van der Waals surface area contributed by atoms with Gasteiger partial charge in [0.1, 0.15) is 6.10 Å². The number of rotatable bonds is 2. The molecule has 0 heterocycles. The Balaban J connectivity index is 1.59. The summed E-state index contributed by atoms with van der Waals surface area (Å²) in [6.07, 6.45) is 9.50. The van der Waals surface area contributed by atoms with Crippen LogP contribution in [0.3, 0.4) is 0 Å². The van der Waals surface area contributed by atoms with Crippen LogP contribution in [0.4, 0.5) is 0 Å². The van der Waals surface area contributed by atoms with E-state index < -0.39 is 23.6 Å². The average Bonchev–Trinajstić information content (AvgIpc) is 2.77. The lowest BCUT2D eigenvalue weighted by atomic mass is 9.33. The van der Waals surface area contributed by atoms with E-state index in [1.54, 1.807) is 0 Å². The first-order chi connectivity index (χ1) is 16.9. The van der Waals surface area contributed by atoms with Crippen LogP contribution in [0.2, 0.25) is 0 Å². The number of carbonyl (C=O) groups is 2. The Kier molecular flexibility index (Phi) is 5.95. The molecule has 9 atom stereocenters. The molecule has 0 radical (unpaired) electrons. The van der Waals surface area contributed by atoms with Crippen LogP contribution >= 0.6 is 0 Å².